The second-order valence-corrected chi connectivity index (χ2v) is 5.93. The van der Waals surface area contributed by atoms with Gasteiger partial charge in [0.25, 0.3) is 0 Å². The summed E-state index contributed by atoms with van der Waals surface area (Å²) in [5, 5.41) is 10.9. The van der Waals surface area contributed by atoms with E-state index >= 15 is 0 Å². The minimum Gasteiger partial charge on any atom is -0.468 e. The molecular formula is C13H24N4O2S. The summed E-state index contributed by atoms with van der Waals surface area (Å²) in [4.78, 5) is 16.0. The van der Waals surface area contributed by atoms with E-state index in [2.05, 4.69) is 20.5 Å². The first-order valence-electron chi connectivity index (χ1n) is 6.87. The molecule has 0 aliphatic carbocycles. The molecule has 6 nitrogen and oxygen atoms in total. The van der Waals surface area contributed by atoms with E-state index < -0.39 is 5.54 Å². The van der Waals surface area contributed by atoms with Gasteiger partial charge in [-0.1, -0.05) is 25.1 Å². The zero-order valence-corrected chi connectivity index (χ0v) is 13.5. The summed E-state index contributed by atoms with van der Waals surface area (Å²) in [5.74, 6) is 1.58. The number of nitrogens with zero attached hydrogens (tertiary/aromatic N) is 2. The topological polar surface area (TPSA) is 79.9 Å². The van der Waals surface area contributed by atoms with E-state index in [4.69, 9.17) is 4.74 Å². The molecule has 0 aromatic carbocycles. The molecular weight excluding hydrogens is 276 g/mol. The smallest absolute Gasteiger partial charge is 0.325 e. The third-order valence-corrected chi connectivity index (χ3v) is 4.02. The van der Waals surface area contributed by atoms with Crippen LogP contribution in [0.15, 0.2) is 5.16 Å². The van der Waals surface area contributed by atoms with Crippen LogP contribution in [0.5, 0.6) is 0 Å². The molecule has 1 unspecified atom stereocenters. The summed E-state index contributed by atoms with van der Waals surface area (Å²) >= 11 is 1.63. The average Bonchev–Trinajstić information content (AvgIpc) is 2.83. The number of methoxy groups -OCH3 is 1. The van der Waals surface area contributed by atoms with E-state index in [9.17, 15) is 4.79 Å². The van der Waals surface area contributed by atoms with E-state index in [0.29, 0.717) is 0 Å². The molecule has 1 atom stereocenters. The number of likely N-dealkylation sites (N-methyl/N-ethyl adjacent to an activating group) is 1. The number of hydrogen-bond donors (Lipinski definition) is 2. The van der Waals surface area contributed by atoms with Crippen LogP contribution in [0.2, 0.25) is 0 Å². The zero-order chi connectivity index (χ0) is 15.0. The van der Waals surface area contributed by atoms with Crippen LogP contribution in [-0.4, -0.2) is 46.1 Å². The van der Waals surface area contributed by atoms with Gasteiger partial charge in [-0.3, -0.25) is 9.89 Å². The lowest BCUT2D eigenvalue weighted by Gasteiger charge is -2.27. The number of esters is 1. The molecule has 2 N–H and O–H groups in total. The first-order chi connectivity index (χ1) is 9.51. The number of hydrogen-bond acceptors (Lipinski definition) is 6. The number of aromatic amines is 1. The molecule has 0 bridgehead atoms. The van der Waals surface area contributed by atoms with Gasteiger partial charge in [0.15, 0.2) is 0 Å². The van der Waals surface area contributed by atoms with Crippen molar-refractivity contribution in [3.63, 3.8) is 0 Å². The lowest BCUT2D eigenvalue weighted by atomic mass is 9.95. The van der Waals surface area contributed by atoms with E-state index in [1.54, 1.807) is 11.8 Å². The standard InChI is InChI=1S/C13H24N4O2S/c1-5-14-13(3,11(18)19-4)8-6-7-9-20-12-15-10(2)16-17-12/h14H,5-9H2,1-4H3,(H,15,16,17). The normalized spacial score (nSPS) is 14.0. The number of nitrogens with one attached hydrogen (secondary N) is 2. The van der Waals surface area contributed by atoms with Gasteiger partial charge in [-0.05, 0) is 33.2 Å². The van der Waals surface area contributed by atoms with Crippen molar-refractivity contribution in [3.05, 3.63) is 5.82 Å². The van der Waals surface area contributed by atoms with Crippen LogP contribution >= 0.6 is 11.8 Å². The summed E-state index contributed by atoms with van der Waals surface area (Å²) in [6.07, 6.45) is 2.73. The predicted molar refractivity (Wildman–Crippen MR) is 79.8 cm³/mol. The molecule has 1 aromatic rings. The molecule has 0 saturated heterocycles. The molecule has 0 fully saturated rings. The van der Waals surface area contributed by atoms with Gasteiger partial charge in [-0.15, -0.1) is 5.10 Å². The number of thioether (sulfide) groups is 1. The fourth-order valence-electron chi connectivity index (χ4n) is 2.01. The molecule has 0 aliphatic heterocycles. The van der Waals surface area contributed by atoms with Crippen molar-refractivity contribution in [2.75, 3.05) is 19.4 Å². The van der Waals surface area contributed by atoms with Crippen LogP contribution < -0.4 is 5.32 Å². The average molecular weight is 300 g/mol. The van der Waals surface area contributed by atoms with Gasteiger partial charge < -0.3 is 10.1 Å². The van der Waals surface area contributed by atoms with Crippen molar-refractivity contribution in [3.8, 4) is 0 Å². The van der Waals surface area contributed by atoms with Crippen molar-refractivity contribution >= 4 is 17.7 Å². The van der Waals surface area contributed by atoms with Crippen LogP contribution in [0, 0.1) is 6.92 Å². The van der Waals surface area contributed by atoms with E-state index in [1.807, 2.05) is 20.8 Å². The van der Waals surface area contributed by atoms with E-state index in [0.717, 1.165) is 42.5 Å². The number of ether oxygens (including phenoxy) is 1. The van der Waals surface area contributed by atoms with Gasteiger partial charge in [0.1, 0.15) is 11.4 Å². The predicted octanol–water partition coefficient (Wildman–Crippen LogP) is 1.92. The number of carbonyl (C=O) groups excluding carboxylic acids is 1. The van der Waals surface area contributed by atoms with Crippen molar-refractivity contribution in [2.24, 2.45) is 0 Å². The number of carbonyl (C=O) groups is 1. The highest BCUT2D eigenvalue weighted by Crippen LogP contribution is 2.19. The van der Waals surface area contributed by atoms with Gasteiger partial charge in [0.05, 0.1) is 7.11 Å². The fourth-order valence-corrected chi connectivity index (χ4v) is 2.85. The molecule has 0 aliphatic rings. The molecule has 1 heterocycles. The van der Waals surface area contributed by atoms with Crippen LogP contribution in [-0.2, 0) is 9.53 Å². The fraction of sp³-hybridized carbons (Fsp3) is 0.769. The first-order valence-corrected chi connectivity index (χ1v) is 7.85. The van der Waals surface area contributed by atoms with Gasteiger partial charge in [-0.25, -0.2) is 4.98 Å². The maximum absolute atomic E-state index is 11.8. The molecule has 7 heteroatoms. The number of unbranched alkanes of at least 4 members (excludes halogenated alkanes) is 1. The quantitative estimate of drug-likeness (QED) is 0.412. The van der Waals surface area contributed by atoms with Crippen molar-refractivity contribution in [1.82, 2.24) is 20.5 Å². The number of H-pyrrole nitrogens is 1. The van der Waals surface area contributed by atoms with E-state index in [1.165, 1.54) is 7.11 Å². The second-order valence-electron chi connectivity index (χ2n) is 4.86. The second kappa shape index (κ2) is 8.26. The largest absolute Gasteiger partial charge is 0.468 e. The van der Waals surface area contributed by atoms with Crippen LogP contribution in [0.3, 0.4) is 0 Å². The Bertz CT molecular complexity index is 424. The highest BCUT2D eigenvalue weighted by Gasteiger charge is 2.32. The summed E-state index contributed by atoms with van der Waals surface area (Å²) in [6, 6.07) is 0. The molecule has 114 valence electrons. The lowest BCUT2D eigenvalue weighted by molar-refractivity contribution is -0.148. The van der Waals surface area contributed by atoms with Crippen molar-refractivity contribution in [2.45, 2.75) is 50.7 Å². The first kappa shape index (κ1) is 17.0. The Morgan fingerprint density at radius 3 is 2.80 bits per heavy atom. The zero-order valence-electron chi connectivity index (χ0n) is 12.7. The van der Waals surface area contributed by atoms with Gasteiger partial charge in [0, 0.05) is 5.75 Å². The third-order valence-electron chi connectivity index (χ3n) is 3.08. The van der Waals surface area contributed by atoms with Crippen molar-refractivity contribution < 1.29 is 9.53 Å². The van der Waals surface area contributed by atoms with Crippen molar-refractivity contribution in [1.29, 1.82) is 0 Å². The lowest BCUT2D eigenvalue weighted by Crippen LogP contribution is -2.50. The Balaban J connectivity index is 2.28. The third kappa shape index (κ3) is 5.13. The Labute approximate surface area is 124 Å². The summed E-state index contributed by atoms with van der Waals surface area (Å²) in [7, 11) is 1.43. The van der Waals surface area contributed by atoms with Gasteiger partial charge >= 0.3 is 5.97 Å². The highest BCUT2D eigenvalue weighted by molar-refractivity contribution is 7.99. The van der Waals surface area contributed by atoms with Crippen LogP contribution in [0.1, 0.15) is 38.9 Å². The Kier molecular flexibility index (Phi) is 7.01. The molecule has 0 amide bonds. The molecule has 20 heavy (non-hydrogen) atoms. The molecule has 1 rings (SSSR count). The maximum Gasteiger partial charge on any atom is 0.325 e. The maximum atomic E-state index is 11.8. The Morgan fingerprint density at radius 1 is 1.50 bits per heavy atom. The number of aromatic nitrogens is 3. The minimum absolute atomic E-state index is 0.198. The molecule has 0 spiro atoms. The number of rotatable bonds is 9. The van der Waals surface area contributed by atoms with Gasteiger partial charge in [-0.2, -0.15) is 0 Å². The minimum atomic E-state index is -0.588. The number of aryl methyl sites for hydroxylation is 1. The SMILES string of the molecule is CCNC(C)(CCCCSc1n[nH]c(C)n1)C(=O)OC. The highest BCUT2D eigenvalue weighted by atomic mass is 32.2. The summed E-state index contributed by atoms with van der Waals surface area (Å²) < 4.78 is 4.87. The summed E-state index contributed by atoms with van der Waals surface area (Å²) in [6.45, 7) is 6.52. The Hall–Kier alpha value is -1.08. The van der Waals surface area contributed by atoms with E-state index in [-0.39, 0.29) is 5.97 Å². The van der Waals surface area contributed by atoms with Crippen LogP contribution in [0.25, 0.3) is 0 Å². The summed E-state index contributed by atoms with van der Waals surface area (Å²) in [5.41, 5.74) is -0.588. The molecule has 0 saturated carbocycles. The molecule has 1 aromatic heterocycles. The monoisotopic (exact) mass is 300 g/mol. The van der Waals surface area contributed by atoms with Gasteiger partial charge in [0.2, 0.25) is 5.16 Å². The molecule has 0 radical (unpaired) electrons. The van der Waals surface area contributed by atoms with Crippen LogP contribution in [0.4, 0.5) is 0 Å². The Morgan fingerprint density at radius 2 is 2.25 bits per heavy atom.